The first-order valence-electron chi connectivity index (χ1n) is 8.26. The lowest BCUT2D eigenvalue weighted by molar-refractivity contribution is -0.121. The number of imide groups is 1. The van der Waals surface area contributed by atoms with Crippen LogP contribution in [-0.2, 0) is 14.4 Å². The smallest absolute Gasteiger partial charge is 0.247 e. The lowest BCUT2D eigenvalue weighted by atomic mass is 10.3. The predicted octanol–water partition coefficient (Wildman–Crippen LogP) is 4.01. The zero-order valence-corrected chi connectivity index (χ0v) is 17.1. The Bertz CT molecular complexity index is 921. The Hall–Kier alpha value is -2.22. The lowest BCUT2D eigenvalue weighted by Gasteiger charge is -2.15. The fraction of sp³-hybridized carbons (Fsp3) is 0.211. The number of nitrogens with zero attached hydrogens (tertiary/aromatic N) is 1. The van der Waals surface area contributed by atoms with Crippen LogP contribution in [0.5, 0.6) is 5.75 Å². The van der Waals surface area contributed by atoms with E-state index in [0.29, 0.717) is 27.2 Å². The first-order chi connectivity index (χ1) is 13.4. The zero-order chi connectivity index (χ0) is 20.3. The molecule has 1 atom stereocenters. The summed E-state index contributed by atoms with van der Waals surface area (Å²) < 4.78 is 5.08. The van der Waals surface area contributed by atoms with E-state index in [1.165, 1.54) is 7.11 Å². The minimum absolute atomic E-state index is 0.0282. The number of thioether (sulfide) groups is 1. The molecule has 1 saturated heterocycles. The summed E-state index contributed by atoms with van der Waals surface area (Å²) in [5, 5.41) is 2.81. The second kappa shape index (κ2) is 8.86. The van der Waals surface area contributed by atoms with E-state index in [0.717, 1.165) is 16.7 Å². The van der Waals surface area contributed by atoms with E-state index in [1.807, 2.05) is 0 Å². The van der Waals surface area contributed by atoms with Crippen molar-refractivity contribution in [3.8, 4) is 5.75 Å². The van der Waals surface area contributed by atoms with Crippen LogP contribution in [0.2, 0.25) is 10.0 Å². The molecule has 1 N–H and O–H groups in total. The maximum atomic E-state index is 12.6. The second-order valence-electron chi connectivity index (χ2n) is 5.95. The molecule has 0 spiro atoms. The van der Waals surface area contributed by atoms with Gasteiger partial charge in [-0.3, -0.25) is 14.4 Å². The third-order valence-electron chi connectivity index (χ3n) is 4.05. The molecule has 1 unspecified atom stereocenters. The van der Waals surface area contributed by atoms with Gasteiger partial charge in [0.15, 0.2) is 0 Å². The van der Waals surface area contributed by atoms with Crippen LogP contribution >= 0.6 is 35.0 Å². The SMILES string of the molecule is COc1ccc(N2C(=O)CC(SCC(=O)Nc3ccc(Cl)c(Cl)c3)C2=O)cc1. The summed E-state index contributed by atoms with van der Waals surface area (Å²) in [7, 11) is 1.54. The van der Waals surface area contributed by atoms with Crippen LogP contribution < -0.4 is 15.0 Å². The molecule has 3 rings (SSSR count). The van der Waals surface area contributed by atoms with E-state index in [1.54, 1.807) is 42.5 Å². The molecule has 9 heteroatoms. The quantitative estimate of drug-likeness (QED) is 0.689. The van der Waals surface area contributed by atoms with E-state index in [4.69, 9.17) is 27.9 Å². The molecule has 2 aromatic carbocycles. The fourth-order valence-corrected chi connectivity index (χ4v) is 3.92. The van der Waals surface area contributed by atoms with Crippen molar-refractivity contribution in [3.63, 3.8) is 0 Å². The number of carbonyl (C=O) groups is 3. The fourth-order valence-electron chi connectivity index (χ4n) is 2.68. The average molecular weight is 439 g/mol. The van der Waals surface area contributed by atoms with Gasteiger partial charge in [0.05, 0.1) is 33.8 Å². The van der Waals surface area contributed by atoms with Gasteiger partial charge in [0, 0.05) is 12.1 Å². The van der Waals surface area contributed by atoms with Gasteiger partial charge in [-0.15, -0.1) is 11.8 Å². The molecule has 1 heterocycles. The van der Waals surface area contributed by atoms with Gasteiger partial charge in [-0.25, -0.2) is 4.90 Å². The van der Waals surface area contributed by atoms with Crippen molar-refractivity contribution in [1.82, 2.24) is 0 Å². The molecular weight excluding hydrogens is 423 g/mol. The third-order valence-corrected chi connectivity index (χ3v) is 5.99. The number of hydrogen-bond acceptors (Lipinski definition) is 5. The van der Waals surface area contributed by atoms with Crippen molar-refractivity contribution in [2.75, 3.05) is 23.1 Å². The highest BCUT2D eigenvalue weighted by Gasteiger charge is 2.40. The average Bonchev–Trinajstić information content (AvgIpc) is 2.96. The predicted molar refractivity (Wildman–Crippen MR) is 111 cm³/mol. The number of methoxy groups -OCH3 is 1. The molecule has 0 saturated carbocycles. The van der Waals surface area contributed by atoms with Crippen molar-refractivity contribution in [3.05, 3.63) is 52.5 Å². The summed E-state index contributed by atoms with van der Waals surface area (Å²) in [4.78, 5) is 38.2. The molecule has 3 amide bonds. The minimum Gasteiger partial charge on any atom is -0.497 e. The van der Waals surface area contributed by atoms with Crippen LogP contribution in [-0.4, -0.2) is 35.8 Å². The Morgan fingerprint density at radius 2 is 1.89 bits per heavy atom. The molecule has 0 bridgehead atoms. The third kappa shape index (κ3) is 4.60. The molecule has 0 aliphatic carbocycles. The number of anilines is 2. The second-order valence-corrected chi connectivity index (χ2v) is 7.95. The van der Waals surface area contributed by atoms with Crippen LogP contribution in [0.4, 0.5) is 11.4 Å². The monoisotopic (exact) mass is 438 g/mol. The number of benzene rings is 2. The molecule has 1 aliphatic heterocycles. The normalized spacial score (nSPS) is 16.4. The van der Waals surface area contributed by atoms with Gasteiger partial charge in [-0.2, -0.15) is 0 Å². The van der Waals surface area contributed by atoms with Crippen molar-refractivity contribution in [2.24, 2.45) is 0 Å². The van der Waals surface area contributed by atoms with E-state index in [-0.39, 0.29) is 29.9 Å². The van der Waals surface area contributed by atoms with Gasteiger partial charge in [0.1, 0.15) is 5.75 Å². The summed E-state index contributed by atoms with van der Waals surface area (Å²) in [6.45, 7) is 0. The van der Waals surface area contributed by atoms with Gasteiger partial charge in [-0.1, -0.05) is 23.2 Å². The highest BCUT2D eigenvalue weighted by atomic mass is 35.5. The van der Waals surface area contributed by atoms with Gasteiger partial charge in [-0.05, 0) is 42.5 Å². The topological polar surface area (TPSA) is 75.7 Å². The Morgan fingerprint density at radius 1 is 1.18 bits per heavy atom. The van der Waals surface area contributed by atoms with E-state index in [9.17, 15) is 14.4 Å². The number of halogens is 2. The van der Waals surface area contributed by atoms with Gasteiger partial charge >= 0.3 is 0 Å². The summed E-state index contributed by atoms with van der Waals surface area (Å²) in [5.74, 6) is -0.264. The highest BCUT2D eigenvalue weighted by Crippen LogP contribution is 2.31. The minimum atomic E-state index is -0.603. The number of amides is 3. The van der Waals surface area contributed by atoms with E-state index >= 15 is 0 Å². The first kappa shape index (κ1) is 20.5. The molecule has 28 heavy (non-hydrogen) atoms. The Labute approximate surface area is 176 Å². The Kier molecular flexibility index (Phi) is 6.49. The summed E-state index contributed by atoms with van der Waals surface area (Å²) in [6.07, 6.45) is 0.0512. The first-order valence-corrected chi connectivity index (χ1v) is 10.1. The molecule has 0 aromatic heterocycles. The van der Waals surface area contributed by atoms with Crippen molar-refractivity contribution < 1.29 is 19.1 Å². The molecule has 1 fully saturated rings. The lowest BCUT2D eigenvalue weighted by Crippen LogP contribution is -2.31. The maximum Gasteiger partial charge on any atom is 0.247 e. The van der Waals surface area contributed by atoms with Crippen LogP contribution in [0.15, 0.2) is 42.5 Å². The molecule has 146 valence electrons. The Balaban J connectivity index is 1.58. The molecular formula is C19H16Cl2N2O4S. The van der Waals surface area contributed by atoms with Crippen LogP contribution in [0.25, 0.3) is 0 Å². The standard InChI is InChI=1S/C19H16Cl2N2O4S/c1-27-13-5-3-12(4-6-13)23-18(25)9-16(19(23)26)28-10-17(24)22-11-2-7-14(20)15(21)8-11/h2-8,16H,9-10H2,1H3,(H,22,24). The highest BCUT2D eigenvalue weighted by molar-refractivity contribution is 8.01. The van der Waals surface area contributed by atoms with E-state index in [2.05, 4.69) is 5.32 Å². The number of hydrogen-bond donors (Lipinski definition) is 1. The summed E-state index contributed by atoms with van der Waals surface area (Å²) in [6, 6.07) is 11.4. The number of nitrogens with one attached hydrogen (secondary N) is 1. The zero-order valence-electron chi connectivity index (χ0n) is 14.8. The van der Waals surface area contributed by atoms with Crippen molar-refractivity contribution >= 4 is 64.1 Å². The summed E-state index contributed by atoms with van der Waals surface area (Å²) >= 11 is 12.9. The van der Waals surface area contributed by atoms with E-state index < -0.39 is 5.25 Å². The molecule has 0 radical (unpaired) electrons. The molecule has 6 nitrogen and oxygen atoms in total. The molecule has 2 aromatic rings. The number of ether oxygens (including phenoxy) is 1. The maximum absolute atomic E-state index is 12.6. The summed E-state index contributed by atoms with van der Waals surface area (Å²) in [5.41, 5.74) is 0.993. The van der Waals surface area contributed by atoms with Crippen molar-refractivity contribution in [2.45, 2.75) is 11.7 Å². The van der Waals surface area contributed by atoms with Crippen LogP contribution in [0, 0.1) is 0 Å². The van der Waals surface area contributed by atoms with Gasteiger partial charge in [0.2, 0.25) is 17.7 Å². The van der Waals surface area contributed by atoms with Crippen LogP contribution in [0.1, 0.15) is 6.42 Å². The number of carbonyl (C=O) groups excluding carboxylic acids is 3. The van der Waals surface area contributed by atoms with Gasteiger partial charge in [0.25, 0.3) is 0 Å². The van der Waals surface area contributed by atoms with Crippen LogP contribution in [0.3, 0.4) is 0 Å². The largest absolute Gasteiger partial charge is 0.497 e. The number of rotatable bonds is 6. The Morgan fingerprint density at radius 3 is 2.54 bits per heavy atom. The van der Waals surface area contributed by atoms with Gasteiger partial charge < -0.3 is 10.1 Å². The van der Waals surface area contributed by atoms with Crippen molar-refractivity contribution in [1.29, 1.82) is 0 Å². The molecule has 1 aliphatic rings.